The number of amides is 1. The molecule has 0 aromatic heterocycles. The average molecular weight is 295 g/mol. The van der Waals surface area contributed by atoms with Crippen LogP contribution in [0, 0.1) is 0 Å². The van der Waals surface area contributed by atoms with E-state index in [1.807, 2.05) is 49.5 Å². The van der Waals surface area contributed by atoms with Crippen LogP contribution in [0.15, 0.2) is 42.5 Å². The van der Waals surface area contributed by atoms with Crippen molar-refractivity contribution in [3.63, 3.8) is 0 Å². The van der Waals surface area contributed by atoms with E-state index < -0.39 is 5.41 Å². The van der Waals surface area contributed by atoms with Crippen LogP contribution in [0.3, 0.4) is 0 Å². The molecule has 0 radical (unpaired) electrons. The fourth-order valence-corrected chi connectivity index (χ4v) is 3.58. The summed E-state index contributed by atoms with van der Waals surface area (Å²) in [5.41, 5.74) is 2.42. The number of nitrogens with zero attached hydrogens (tertiary/aromatic N) is 1. The van der Waals surface area contributed by atoms with Crippen LogP contribution in [0.5, 0.6) is 11.5 Å². The molecule has 4 nitrogen and oxygen atoms in total. The van der Waals surface area contributed by atoms with Crippen LogP contribution in [-0.2, 0) is 16.6 Å². The van der Waals surface area contributed by atoms with Gasteiger partial charge >= 0.3 is 0 Å². The van der Waals surface area contributed by atoms with Gasteiger partial charge in [0.05, 0.1) is 7.11 Å². The second-order valence-corrected chi connectivity index (χ2v) is 5.90. The predicted molar refractivity (Wildman–Crippen MR) is 83.7 cm³/mol. The number of methoxy groups -OCH3 is 1. The van der Waals surface area contributed by atoms with Crippen LogP contribution in [0.2, 0.25) is 0 Å². The number of hydrogen-bond acceptors (Lipinski definition) is 3. The first-order valence-electron chi connectivity index (χ1n) is 7.33. The largest absolute Gasteiger partial charge is 0.497 e. The molecule has 1 unspecified atom stereocenters. The molecule has 0 saturated heterocycles. The molecule has 0 bridgehead atoms. The topological polar surface area (TPSA) is 38.8 Å². The SMILES string of the molecule is COc1ccc2c(c1)CC1(COc3ccccc31)C(=O)N2C. The number of para-hydroxylation sites is 1. The van der Waals surface area contributed by atoms with Crippen molar-refractivity contribution in [2.75, 3.05) is 25.7 Å². The van der Waals surface area contributed by atoms with Crippen LogP contribution < -0.4 is 14.4 Å². The zero-order valence-corrected chi connectivity index (χ0v) is 12.6. The Labute approximate surface area is 129 Å². The van der Waals surface area contributed by atoms with E-state index in [0.29, 0.717) is 13.0 Å². The third-order valence-corrected chi connectivity index (χ3v) is 4.73. The third-order valence-electron chi connectivity index (χ3n) is 4.73. The van der Waals surface area contributed by atoms with Crippen molar-refractivity contribution in [1.82, 2.24) is 0 Å². The minimum absolute atomic E-state index is 0.0927. The third kappa shape index (κ3) is 1.61. The molecule has 4 rings (SSSR count). The number of carbonyl (C=O) groups is 1. The van der Waals surface area contributed by atoms with Crippen LogP contribution in [-0.4, -0.2) is 26.7 Å². The van der Waals surface area contributed by atoms with Crippen LogP contribution in [0.1, 0.15) is 11.1 Å². The van der Waals surface area contributed by atoms with Crippen LogP contribution in [0.25, 0.3) is 0 Å². The van der Waals surface area contributed by atoms with E-state index in [-0.39, 0.29) is 5.91 Å². The second-order valence-electron chi connectivity index (χ2n) is 5.90. The summed E-state index contributed by atoms with van der Waals surface area (Å²) in [6, 6.07) is 13.7. The lowest BCUT2D eigenvalue weighted by Gasteiger charge is -2.38. The molecule has 1 spiro atoms. The Bertz CT molecular complexity index is 771. The summed E-state index contributed by atoms with van der Waals surface area (Å²) in [4.78, 5) is 14.8. The highest BCUT2D eigenvalue weighted by molar-refractivity contribution is 6.05. The molecule has 0 aliphatic carbocycles. The molecule has 1 amide bonds. The molecule has 2 aliphatic rings. The van der Waals surface area contributed by atoms with Crippen molar-refractivity contribution in [3.8, 4) is 11.5 Å². The lowest BCUT2D eigenvalue weighted by atomic mass is 9.73. The quantitative estimate of drug-likeness (QED) is 0.811. The number of carbonyl (C=O) groups excluding carboxylic acids is 1. The smallest absolute Gasteiger partial charge is 0.241 e. The molecule has 22 heavy (non-hydrogen) atoms. The van der Waals surface area contributed by atoms with Gasteiger partial charge in [-0.25, -0.2) is 0 Å². The number of hydrogen-bond donors (Lipinski definition) is 0. The Balaban J connectivity index is 1.88. The highest BCUT2D eigenvalue weighted by atomic mass is 16.5. The number of anilines is 1. The molecule has 2 aromatic carbocycles. The number of benzene rings is 2. The van der Waals surface area contributed by atoms with E-state index >= 15 is 0 Å². The van der Waals surface area contributed by atoms with Gasteiger partial charge in [-0.05, 0) is 36.2 Å². The molecule has 2 aliphatic heterocycles. The summed E-state index contributed by atoms with van der Waals surface area (Å²) in [6.07, 6.45) is 0.639. The minimum atomic E-state index is -0.620. The first kappa shape index (κ1) is 13.2. The number of likely N-dealkylation sites (N-methyl/N-ethyl adjacent to an activating group) is 1. The normalized spacial score (nSPS) is 22.3. The van der Waals surface area contributed by atoms with Crippen molar-refractivity contribution >= 4 is 11.6 Å². The van der Waals surface area contributed by atoms with Crippen molar-refractivity contribution in [3.05, 3.63) is 53.6 Å². The molecular weight excluding hydrogens is 278 g/mol. The Kier molecular flexibility index (Phi) is 2.70. The second kappa shape index (κ2) is 4.50. The average Bonchev–Trinajstić information content (AvgIpc) is 2.92. The fourth-order valence-electron chi connectivity index (χ4n) is 3.58. The highest BCUT2D eigenvalue weighted by Gasteiger charge is 2.51. The minimum Gasteiger partial charge on any atom is -0.497 e. The van der Waals surface area contributed by atoms with E-state index in [2.05, 4.69) is 0 Å². The summed E-state index contributed by atoms with van der Waals surface area (Å²) in [6.45, 7) is 0.395. The van der Waals surface area contributed by atoms with E-state index in [9.17, 15) is 4.79 Å². The number of ether oxygens (including phenoxy) is 2. The first-order chi connectivity index (χ1) is 10.7. The van der Waals surface area contributed by atoms with Gasteiger partial charge in [-0.15, -0.1) is 0 Å². The van der Waals surface area contributed by atoms with Crippen molar-refractivity contribution in [2.24, 2.45) is 0 Å². The lowest BCUT2D eigenvalue weighted by Crippen LogP contribution is -2.51. The Morgan fingerprint density at radius 2 is 2.05 bits per heavy atom. The van der Waals surface area contributed by atoms with Gasteiger partial charge in [-0.1, -0.05) is 18.2 Å². The molecule has 0 saturated carbocycles. The monoisotopic (exact) mass is 295 g/mol. The Morgan fingerprint density at radius 1 is 1.23 bits per heavy atom. The predicted octanol–water partition coefficient (Wildman–Crippen LogP) is 2.54. The van der Waals surface area contributed by atoms with Gasteiger partial charge in [-0.2, -0.15) is 0 Å². The highest BCUT2D eigenvalue weighted by Crippen LogP contribution is 2.47. The summed E-state index contributed by atoms with van der Waals surface area (Å²) in [5.74, 6) is 1.72. The Morgan fingerprint density at radius 3 is 2.86 bits per heavy atom. The van der Waals surface area contributed by atoms with Gasteiger partial charge in [0.1, 0.15) is 23.5 Å². The molecule has 0 fully saturated rings. The van der Waals surface area contributed by atoms with E-state index in [1.54, 1.807) is 12.0 Å². The zero-order chi connectivity index (χ0) is 15.3. The molecular formula is C18H17NO3. The molecule has 1 atom stereocenters. The molecule has 4 heteroatoms. The van der Waals surface area contributed by atoms with E-state index in [1.165, 1.54) is 0 Å². The van der Waals surface area contributed by atoms with Crippen LogP contribution in [0.4, 0.5) is 5.69 Å². The summed E-state index contributed by atoms with van der Waals surface area (Å²) in [5, 5.41) is 0. The van der Waals surface area contributed by atoms with Gasteiger partial charge in [0, 0.05) is 18.3 Å². The van der Waals surface area contributed by atoms with Gasteiger partial charge in [0.15, 0.2) is 0 Å². The molecule has 2 heterocycles. The van der Waals surface area contributed by atoms with E-state index in [0.717, 1.165) is 28.3 Å². The summed E-state index contributed by atoms with van der Waals surface area (Å²) < 4.78 is 11.1. The van der Waals surface area contributed by atoms with Gasteiger partial charge < -0.3 is 14.4 Å². The standard InChI is InChI=1S/C18H17NO3/c1-19-15-8-7-13(21-2)9-12(15)10-18(17(19)20)11-22-16-6-4-3-5-14(16)18/h3-9H,10-11H2,1-2H3. The maximum atomic E-state index is 13.0. The van der Waals surface area contributed by atoms with Gasteiger partial charge in [-0.3, -0.25) is 4.79 Å². The van der Waals surface area contributed by atoms with Crippen molar-refractivity contribution in [2.45, 2.75) is 11.8 Å². The molecule has 2 aromatic rings. The van der Waals surface area contributed by atoms with Gasteiger partial charge in [0.25, 0.3) is 0 Å². The number of rotatable bonds is 1. The maximum Gasteiger partial charge on any atom is 0.241 e. The van der Waals surface area contributed by atoms with E-state index in [4.69, 9.17) is 9.47 Å². The lowest BCUT2D eigenvalue weighted by molar-refractivity contribution is -0.124. The zero-order valence-electron chi connectivity index (χ0n) is 12.6. The number of fused-ring (bicyclic) bond motifs is 3. The van der Waals surface area contributed by atoms with Crippen molar-refractivity contribution in [1.29, 1.82) is 0 Å². The van der Waals surface area contributed by atoms with Crippen LogP contribution >= 0.6 is 0 Å². The summed E-state index contributed by atoms with van der Waals surface area (Å²) >= 11 is 0. The first-order valence-corrected chi connectivity index (χ1v) is 7.33. The Hall–Kier alpha value is -2.49. The van der Waals surface area contributed by atoms with Crippen molar-refractivity contribution < 1.29 is 14.3 Å². The van der Waals surface area contributed by atoms with Gasteiger partial charge in [0.2, 0.25) is 5.91 Å². The fraction of sp³-hybridized carbons (Fsp3) is 0.278. The maximum absolute atomic E-state index is 13.0. The summed E-state index contributed by atoms with van der Waals surface area (Å²) in [7, 11) is 3.48. The molecule has 112 valence electrons. The molecule has 0 N–H and O–H groups in total.